The molecule has 1 aliphatic heterocycles. The van der Waals surface area contributed by atoms with Crippen LogP contribution >= 0.6 is 0 Å². The molecule has 18 heavy (non-hydrogen) atoms. The summed E-state index contributed by atoms with van der Waals surface area (Å²) in [6, 6.07) is 5.89. The molecule has 1 unspecified atom stereocenters. The third kappa shape index (κ3) is 2.66. The Morgan fingerprint density at radius 2 is 2.33 bits per heavy atom. The van der Waals surface area contributed by atoms with Gasteiger partial charge in [-0.1, -0.05) is 38.0 Å². The maximum Gasteiger partial charge on any atom is 0.311 e. The first kappa shape index (κ1) is 12.9. The van der Waals surface area contributed by atoms with Crippen molar-refractivity contribution in [3.8, 4) is 5.75 Å². The molecular formula is C15H20O3. The van der Waals surface area contributed by atoms with E-state index < -0.39 is 11.9 Å². The zero-order chi connectivity index (χ0) is 13.0. The molecule has 1 aromatic carbocycles. The second-order valence-electron chi connectivity index (χ2n) is 4.82. The van der Waals surface area contributed by atoms with Crippen molar-refractivity contribution in [1.82, 2.24) is 0 Å². The normalized spacial score (nSPS) is 15.6. The monoisotopic (exact) mass is 248 g/mol. The van der Waals surface area contributed by atoms with Crippen LogP contribution in [0.25, 0.3) is 0 Å². The van der Waals surface area contributed by atoms with Crippen LogP contribution in [0.5, 0.6) is 5.75 Å². The van der Waals surface area contributed by atoms with Gasteiger partial charge in [-0.05, 0) is 24.8 Å². The topological polar surface area (TPSA) is 46.5 Å². The molecule has 0 aromatic heterocycles. The Morgan fingerprint density at radius 1 is 1.50 bits per heavy atom. The zero-order valence-corrected chi connectivity index (χ0v) is 10.8. The number of carboxylic acid groups (broad SMARTS) is 1. The molecule has 98 valence electrons. The highest BCUT2D eigenvalue weighted by atomic mass is 16.5. The van der Waals surface area contributed by atoms with Gasteiger partial charge >= 0.3 is 5.97 Å². The molecule has 0 bridgehead atoms. The highest BCUT2D eigenvalue weighted by Gasteiger charge is 2.25. The number of carboxylic acids is 1. The summed E-state index contributed by atoms with van der Waals surface area (Å²) in [7, 11) is 0. The number of carbonyl (C=O) groups is 1. The summed E-state index contributed by atoms with van der Waals surface area (Å²) >= 11 is 0. The van der Waals surface area contributed by atoms with E-state index >= 15 is 0 Å². The molecule has 0 radical (unpaired) electrons. The number of fused-ring (bicyclic) bond motifs is 1. The number of rotatable bonds is 5. The Morgan fingerprint density at radius 3 is 3.06 bits per heavy atom. The van der Waals surface area contributed by atoms with Gasteiger partial charge in [0, 0.05) is 5.56 Å². The van der Waals surface area contributed by atoms with Crippen molar-refractivity contribution in [1.29, 1.82) is 0 Å². The first-order valence-electron chi connectivity index (χ1n) is 6.71. The van der Waals surface area contributed by atoms with E-state index in [1.165, 1.54) is 0 Å². The molecule has 0 saturated heterocycles. The Balaban J connectivity index is 2.32. The minimum absolute atomic E-state index is 0.432. The van der Waals surface area contributed by atoms with Gasteiger partial charge in [0.15, 0.2) is 0 Å². The molecule has 0 aliphatic carbocycles. The van der Waals surface area contributed by atoms with Crippen molar-refractivity contribution >= 4 is 5.97 Å². The van der Waals surface area contributed by atoms with Crippen molar-refractivity contribution in [2.24, 2.45) is 0 Å². The first-order valence-corrected chi connectivity index (χ1v) is 6.71. The summed E-state index contributed by atoms with van der Waals surface area (Å²) in [5, 5.41) is 9.40. The van der Waals surface area contributed by atoms with Crippen molar-refractivity contribution in [3.63, 3.8) is 0 Å². The third-order valence-electron chi connectivity index (χ3n) is 3.48. The van der Waals surface area contributed by atoms with Gasteiger partial charge < -0.3 is 9.84 Å². The maximum absolute atomic E-state index is 11.4. The van der Waals surface area contributed by atoms with E-state index in [1.807, 2.05) is 18.2 Å². The average Bonchev–Trinajstić information content (AvgIpc) is 2.39. The van der Waals surface area contributed by atoms with E-state index in [-0.39, 0.29) is 0 Å². The smallest absolute Gasteiger partial charge is 0.311 e. The van der Waals surface area contributed by atoms with Crippen LogP contribution in [0.4, 0.5) is 0 Å². The van der Waals surface area contributed by atoms with Crippen LogP contribution in [0.15, 0.2) is 18.2 Å². The number of ether oxygens (including phenoxy) is 1. The minimum Gasteiger partial charge on any atom is -0.493 e. The maximum atomic E-state index is 11.4. The van der Waals surface area contributed by atoms with E-state index in [0.29, 0.717) is 13.0 Å². The van der Waals surface area contributed by atoms with Crippen LogP contribution in [-0.4, -0.2) is 17.7 Å². The lowest BCUT2D eigenvalue weighted by atomic mass is 9.90. The number of unbranched alkanes of at least 4 members (excludes halogenated alkanes) is 1. The lowest BCUT2D eigenvalue weighted by Crippen LogP contribution is -2.16. The van der Waals surface area contributed by atoms with Gasteiger partial charge in [-0.2, -0.15) is 0 Å². The zero-order valence-electron chi connectivity index (χ0n) is 10.8. The molecule has 1 atom stereocenters. The van der Waals surface area contributed by atoms with E-state index in [2.05, 4.69) is 6.92 Å². The Labute approximate surface area is 108 Å². The van der Waals surface area contributed by atoms with E-state index in [1.54, 1.807) is 0 Å². The van der Waals surface area contributed by atoms with E-state index in [4.69, 9.17) is 4.74 Å². The first-order chi connectivity index (χ1) is 8.74. The molecule has 2 rings (SSSR count). The molecular weight excluding hydrogens is 228 g/mol. The molecule has 0 saturated carbocycles. The largest absolute Gasteiger partial charge is 0.493 e. The second kappa shape index (κ2) is 5.89. The Hall–Kier alpha value is -1.51. The van der Waals surface area contributed by atoms with Crippen LogP contribution in [0.2, 0.25) is 0 Å². The van der Waals surface area contributed by atoms with E-state index in [9.17, 15) is 9.90 Å². The predicted octanol–water partition coefficient (Wildman–Crippen LogP) is 3.37. The van der Waals surface area contributed by atoms with Crippen LogP contribution < -0.4 is 4.74 Å². The average molecular weight is 248 g/mol. The highest BCUT2D eigenvalue weighted by molar-refractivity contribution is 5.77. The summed E-state index contributed by atoms with van der Waals surface area (Å²) < 4.78 is 5.70. The lowest BCUT2D eigenvalue weighted by molar-refractivity contribution is -0.139. The van der Waals surface area contributed by atoms with Crippen LogP contribution in [-0.2, 0) is 11.2 Å². The van der Waals surface area contributed by atoms with Gasteiger partial charge in [0.2, 0.25) is 0 Å². The standard InChI is InChI=1S/C15H20O3/c1-2-3-8-13(15(16)17)12-9-4-6-11-7-5-10-18-14(11)12/h4,6,9,13H,2-3,5,7-8,10H2,1H3,(H,16,17). The Kier molecular flexibility index (Phi) is 4.24. The van der Waals surface area contributed by atoms with Crippen LogP contribution in [0.3, 0.4) is 0 Å². The summed E-state index contributed by atoms with van der Waals surface area (Å²) in [6.45, 7) is 2.78. The number of hydrogen-bond acceptors (Lipinski definition) is 2. The van der Waals surface area contributed by atoms with Gasteiger partial charge in [0.05, 0.1) is 12.5 Å². The number of para-hydroxylation sites is 1. The van der Waals surface area contributed by atoms with E-state index in [0.717, 1.165) is 42.6 Å². The van der Waals surface area contributed by atoms with Crippen molar-refractivity contribution in [2.45, 2.75) is 44.9 Å². The quantitative estimate of drug-likeness (QED) is 0.869. The highest BCUT2D eigenvalue weighted by Crippen LogP contribution is 2.36. The molecule has 1 aromatic rings. The number of benzene rings is 1. The van der Waals surface area contributed by atoms with Gasteiger partial charge in [-0.3, -0.25) is 4.79 Å². The number of aryl methyl sites for hydroxylation is 1. The van der Waals surface area contributed by atoms with Gasteiger partial charge in [0.1, 0.15) is 5.75 Å². The van der Waals surface area contributed by atoms with Crippen LogP contribution in [0.1, 0.15) is 49.7 Å². The van der Waals surface area contributed by atoms with Crippen molar-refractivity contribution < 1.29 is 14.6 Å². The predicted molar refractivity (Wildman–Crippen MR) is 70.2 cm³/mol. The molecule has 3 nitrogen and oxygen atoms in total. The second-order valence-corrected chi connectivity index (χ2v) is 4.82. The molecule has 0 fully saturated rings. The SMILES string of the molecule is CCCCC(C(=O)O)c1cccc2c1OCCC2. The van der Waals surface area contributed by atoms with Crippen molar-refractivity contribution in [2.75, 3.05) is 6.61 Å². The van der Waals surface area contributed by atoms with Gasteiger partial charge in [-0.15, -0.1) is 0 Å². The summed E-state index contributed by atoms with van der Waals surface area (Å²) in [4.78, 5) is 11.4. The van der Waals surface area contributed by atoms with Gasteiger partial charge in [0.25, 0.3) is 0 Å². The van der Waals surface area contributed by atoms with Gasteiger partial charge in [-0.25, -0.2) is 0 Å². The van der Waals surface area contributed by atoms with Crippen LogP contribution in [0, 0.1) is 0 Å². The number of hydrogen-bond donors (Lipinski definition) is 1. The molecule has 0 spiro atoms. The van der Waals surface area contributed by atoms with Crippen molar-refractivity contribution in [3.05, 3.63) is 29.3 Å². The number of aliphatic carboxylic acids is 1. The molecule has 1 heterocycles. The fourth-order valence-electron chi connectivity index (χ4n) is 2.51. The molecule has 1 aliphatic rings. The Bertz CT molecular complexity index is 426. The molecule has 0 amide bonds. The fraction of sp³-hybridized carbons (Fsp3) is 0.533. The summed E-state index contributed by atoms with van der Waals surface area (Å²) in [5.41, 5.74) is 2.01. The third-order valence-corrected chi connectivity index (χ3v) is 3.48. The molecule has 1 N–H and O–H groups in total. The fourth-order valence-corrected chi connectivity index (χ4v) is 2.51. The summed E-state index contributed by atoms with van der Waals surface area (Å²) in [5.74, 6) is -0.351. The minimum atomic E-state index is -0.744. The lowest BCUT2D eigenvalue weighted by Gasteiger charge is -2.23. The summed E-state index contributed by atoms with van der Waals surface area (Å²) in [6.07, 6.45) is 4.64. The molecule has 3 heteroatoms.